The van der Waals surface area contributed by atoms with E-state index in [-0.39, 0.29) is 12.3 Å². The van der Waals surface area contributed by atoms with Crippen LogP contribution >= 0.6 is 0 Å². The van der Waals surface area contributed by atoms with Crippen LogP contribution in [0.1, 0.15) is 39.0 Å². The molecule has 4 rings (SSSR count). The molecule has 0 aliphatic rings. The third kappa shape index (κ3) is 7.88. The number of amides is 1. The lowest BCUT2D eigenvalue weighted by atomic mass is 10.1. The van der Waals surface area contributed by atoms with Gasteiger partial charge in [0, 0.05) is 29.8 Å². The van der Waals surface area contributed by atoms with Crippen molar-refractivity contribution in [2.45, 2.75) is 32.7 Å². The van der Waals surface area contributed by atoms with Gasteiger partial charge in [-0.3, -0.25) is 9.59 Å². The summed E-state index contributed by atoms with van der Waals surface area (Å²) in [6.07, 6.45) is 1.54. The lowest BCUT2D eigenvalue weighted by molar-refractivity contribution is -0.136. The van der Waals surface area contributed by atoms with Crippen LogP contribution in [0.2, 0.25) is 0 Å². The number of hydrogen-bond donors (Lipinski definition) is 1. The van der Waals surface area contributed by atoms with Gasteiger partial charge in [-0.2, -0.15) is 0 Å². The Bertz CT molecular complexity index is 1440. The summed E-state index contributed by atoms with van der Waals surface area (Å²) in [7, 11) is 3.16. The van der Waals surface area contributed by atoms with Crippen LogP contribution in [-0.2, 0) is 24.2 Å². The van der Waals surface area contributed by atoms with E-state index in [0.29, 0.717) is 47.2 Å². The van der Waals surface area contributed by atoms with Crippen LogP contribution in [0.5, 0.6) is 23.0 Å². The largest absolute Gasteiger partial charge is 0.496 e. The van der Waals surface area contributed by atoms with E-state index in [1.165, 1.54) is 5.56 Å². The number of rotatable bonds is 13. The van der Waals surface area contributed by atoms with Gasteiger partial charge in [-0.25, -0.2) is 0 Å². The third-order valence-corrected chi connectivity index (χ3v) is 6.86. The van der Waals surface area contributed by atoms with Gasteiger partial charge in [0.15, 0.2) is 0 Å². The highest BCUT2D eigenvalue weighted by Gasteiger charge is 2.20. The number of methoxy groups -OCH3 is 2. The molecule has 1 amide bonds. The number of hydrogen-bond acceptors (Lipinski definition) is 5. The van der Waals surface area contributed by atoms with Gasteiger partial charge < -0.3 is 24.2 Å². The lowest BCUT2D eigenvalue weighted by Crippen LogP contribution is -2.32. The van der Waals surface area contributed by atoms with Gasteiger partial charge in [-0.1, -0.05) is 60.7 Å². The van der Waals surface area contributed by atoms with E-state index in [4.69, 9.17) is 14.2 Å². The van der Waals surface area contributed by atoms with Gasteiger partial charge in [0.2, 0.25) is 0 Å². The Labute approximate surface area is 240 Å². The number of carbonyl (C=O) groups is 2. The third-order valence-electron chi connectivity index (χ3n) is 6.86. The summed E-state index contributed by atoms with van der Waals surface area (Å²) < 4.78 is 17.0. The maximum atomic E-state index is 13.8. The molecule has 7 nitrogen and oxygen atoms in total. The van der Waals surface area contributed by atoms with Crippen molar-refractivity contribution in [1.82, 2.24) is 4.90 Å². The lowest BCUT2D eigenvalue weighted by Gasteiger charge is -2.24. The molecule has 0 saturated heterocycles. The smallest absolute Gasteiger partial charge is 0.307 e. The van der Waals surface area contributed by atoms with Gasteiger partial charge in [-0.15, -0.1) is 0 Å². The summed E-state index contributed by atoms with van der Waals surface area (Å²) in [5, 5.41) is 9.20. The summed E-state index contributed by atoms with van der Waals surface area (Å²) in [4.78, 5) is 26.9. The van der Waals surface area contributed by atoms with Crippen LogP contribution in [0, 0.1) is 6.92 Å². The fraction of sp³-hybridized carbons (Fsp3) is 0.235. The summed E-state index contributed by atoms with van der Waals surface area (Å²) in [6, 6.07) is 28.3. The first-order chi connectivity index (χ1) is 19.9. The minimum absolute atomic E-state index is 0.113. The van der Waals surface area contributed by atoms with Crippen molar-refractivity contribution in [2.75, 3.05) is 20.8 Å². The van der Waals surface area contributed by atoms with Crippen molar-refractivity contribution >= 4 is 11.9 Å². The van der Waals surface area contributed by atoms with Crippen molar-refractivity contribution < 1.29 is 28.9 Å². The van der Waals surface area contributed by atoms with Crippen LogP contribution in [0.25, 0.3) is 0 Å². The van der Waals surface area contributed by atoms with Gasteiger partial charge in [0.1, 0.15) is 23.0 Å². The average molecular weight is 554 g/mol. The Kier molecular flexibility index (Phi) is 9.99. The van der Waals surface area contributed by atoms with Crippen molar-refractivity contribution in [3.05, 3.63) is 119 Å². The highest BCUT2D eigenvalue weighted by molar-refractivity contribution is 5.95. The van der Waals surface area contributed by atoms with E-state index in [0.717, 1.165) is 24.0 Å². The monoisotopic (exact) mass is 553 g/mol. The van der Waals surface area contributed by atoms with Gasteiger partial charge in [0.05, 0.1) is 20.6 Å². The summed E-state index contributed by atoms with van der Waals surface area (Å²) in [5.41, 5.74) is 4.10. The molecule has 0 bridgehead atoms. The average Bonchev–Trinajstić information content (AvgIpc) is 2.98. The highest BCUT2D eigenvalue weighted by atomic mass is 16.5. The van der Waals surface area contributed by atoms with Crippen LogP contribution in [0.3, 0.4) is 0 Å². The second-order valence-electron chi connectivity index (χ2n) is 9.75. The number of carbonyl (C=O) groups excluding carboxylic acids is 1. The number of carboxylic acids is 1. The number of aryl methyl sites for hydroxylation is 1. The first kappa shape index (κ1) is 29.2. The molecule has 0 saturated carbocycles. The number of benzene rings is 4. The summed E-state index contributed by atoms with van der Waals surface area (Å²) in [5.74, 6) is 1.25. The first-order valence-electron chi connectivity index (χ1n) is 13.5. The minimum atomic E-state index is -0.919. The Balaban J connectivity index is 1.53. The van der Waals surface area contributed by atoms with E-state index < -0.39 is 5.97 Å². The minimum Gasteiger partial charge on any atom is -0.496 e. The fourth-order valence-corrected chi connectivity index (χ4v) is 4.69. The normalized spacial score (nSPS) is 10.6. The van der Waals surface area contributed by atoms with Crippen molar-refractivity contribution in [3.63, 3.8) is 0 Å². The molecule has 1 N–H and O–H groups in total. The SMILES string of the molecule is COc1cc(C(=O)N(CCCc2ccccc2)Cc2ccc(Oc3ccccc3CC(=O)O)cc2)cc(OC)c1C. The molecule has 212 valence electrons. The second kappa shape index (κ2) is 14.0. The Hall–Kier alpha value is -4.78. The molecule has 4 aromatic carbocycles. The number of para-hydroxylation sites is 1. The number of aliphatic carboxylic acids is 1. The van der Waals surface area contributed by atoms with E-state index in [1.807, 2.05) is 60.4 Å². The van der Waals surface area contributed by atoms with E-state index in [2.05, 4.69) is 12.1 Å². The van der Waals surface area contributed by atoms with E-state index in [9.17, 15) is 14.7 Å². The second-order valence-corrected chi connectivity index (χ2v) is 9.75. The zero-order valence-corrected chi connectivity index (χ0v) is 23.6. The van der Waals surface area contributed by atoms with Crippen molar-refractivity contribution in [1.29, 1.82) is 0 Å². The zero-order chi connectivity index (χ0) is 29.2. The predicted octanol–water partition coefficient (Wildman–Crippen LogP) is 6.71. The van der Waals surface area contributed by atoms with Crippen molar-refractivity contribution in [2.24, 2.45) is 0 Å². The Morgan fingerprint density at radius 1 is 0.780 bits per heavy atom. The molecule has 0 spiro atoms. The topological polar surface area (TPSA) is 85.3 Å². The molecular weight excluding hydrogens is 518 g/mol. The number of carboxylic acid groups (broad SMARTS) is 1. The molecule has 0 unspecified atom stereocenters. The molecule has 41 heavy (non-hydrogen) atoms. The quantitative estimate of drug-likeness (QED) is 0.198. The van der Waals surface area contributed by atoms with Crippen LogP contribution < -0.4 is 14.2 Å². The van der Waals surface area contributed by atoms with Gasteiger partial charge in [0.25, 0.3) is 5.91 Å². The van der Waals surface area contributed by atoms with Gasteiger partial charge in [-0.05, 0) is 61.2 Å². The van der Waals surface area contributed by atoms with Crippen LogP contribution in [-0.4, -0.2) is 42.6 Å². The summed E-state index contributed by atoms with van der Waals surface area (Å²) in [6.45, 7) is 2.86. The highest BCUT2D eigenvalue weighted by Crippen LogP contribution is 2.31. The molecule has 4 aromatic rings. The fourth-order valence-electron chi connectivity index (χ4n) is 4.69. The standard InChI is InChI=1S/C34H35NO6/c1-24-31(39-2)20-28(21-32(24)40-3)34(38)35(19-9-12-25-10-5-4-6-11-25)23-26-15-17-29(18-16-26)41-30-14-8-7-13-27(30)22-33(36)37/h4-8,10-11,13-18,20-21H,9,12,19,22-23H2,1-3H3,(H,36,37). The molecule has 0 radical (unpaired) electrons. The predicted molar refractivity (Wildman–Crippen MR) is 158 cm³/mol. The number of nitrogens with zero attached hydrogens (tertiary/aromatic N) is 1. The molecule has 7 heteroatoms. The maximum Gasteiger partial charge on any atom is 0.307 e. The molecule has 0 aliphatic carbocycles. The molecule has 0 atom stereocenters. The van der Waals surface area contributed by atoms with E-state index in [1.54, 1.807) is 44.6 Å². The molecule has 0 fully saturated rings. The zero-order valence-electron chi connectivity index (χ0n) is 23.6. The van der Waals surface area contributed by atoms with Gasteiger partial charge >= 0.3 is 5.97 Å². The molecule has 0 aliphatic heterocycles. The number of ether oxygens (including phenoxy) is 3. The van der Waals surface area contributed by atoms with Crippen molar-refractivity contribution in [3.8, 4) is 23.0 Å². The van der Waals surface area contributed by atoms with Crippen LogP contribution in [0.15, 0.2) is 91.0 Å². The summed E-state index contributed by atoms with van der Waals surface area (Å²) >= 11 is 0. The molecule has 0 heterocycles. The Morgan fingerprint density at radius 2 is 1.41 bits per heavy atom. The van der Waals surface area contributed by atoms with E-state index >= 15 is 0 Å². The maximum absolute atomic E-state index is 13.8. The Morgan fingerprint density at radius 3 is 2.05 bits per heavy atom. The molecular formula is C34H35NO6. The molecule has 0 aromatic heterocycles. The van der Waals surface area contributed by atoms with Crippen LogP contribution in [0.4, 0.5) is 0 Å². The first-order valence-corrected chi connectivity index (χ1v) is 13.5.